The highest BCUT2D eigenvalue weighted by molar-refractivity contribution is 6.64. The van der Waals surface area contributed by atoms with Gasteiger partial charge in [0.1, 0.15) is 0 Å². The highest BCUT2D eigenvalue weighted by atomic mass is 28.4. The third-order valence-corrected chi connectivity index (χ3v) is 4.65. The number of nitrogens with one attached hydrogen (secondary N) is 1. The van der Waals surface area contributed by atoms with E-state index in [1.165, 1.54) is 0 Å². The molecule has 1 atom stereocenters. The van der Waals surface area contributed by atoms with Crippen LogP contribution < -0.4 is 10.7 Å². The molecule has 0 spiro atoms. The van der Waals surface area contributed by atoms with E-state index in [0.29, 0.717) is 6.04 Å². The van der Waals surface area contributed by atoms with Crippen LogP contribution in [0.3, 0.4) is 0 Å². The molecule has 4 nitrogen and oxygen atoms in total. The average Bonchev–Trinajstić information content (AvgIpc) is 2.17. The van der Waals surface area contributed by atoms with Crippen LogP contribution in [-0.2, 0) is 8.85 Å². The van der Waals surface area contributed by atoms with Gasteiger partial charge in [-0.3, -0.25) is 0 Å². The van der Waals surface area contributed by atoms with Gasteiger partial charge in [0.2, 0.25) is 0 Å². The summed E-state index contributed by atoms with van der Waals surface area (Å²) in [6.45, 7) is 5.17. The van der Waals surface area contributed by atoms with Crippen molar-refractivity contribution in [1.82, 2.24) is 5.32 Å². The van der Waals surface area contributed by atoms with Gasteiger partial charge in [0, 0.05) is 26.3 Å². The first kappa shape index (κ1) is 13.1. The van der Waals surface area contributed by atoms with Crippen molar-refractivity contribution >= 4 is 8.72 Å². The summed E-state index contributed by atoms with van der Waals surface area (Å²) in [4.78, 5) is 0. The van der Waals surface area contributed by atoms with Crippen molar-refractivity contribution in [2.24, 2.45) is 5.40 Å². The Kier molecular flexibility index (Phi) is 6.53. The fraction of sp³-hybridized carbons (Fsp3) is 1.00. The highest BCUT2D eigenvalue weighted by Crippen LogP contribution is 2.10. The van der Waals surface area contributed by atoms with Gasteiger partial charge in [-0.05, 0) is 13.0 Å². The Morgan fingerprint density at radius 3 is 2.15 bits per heavy atom. The molecule has 0 saturated heterocycles. The molecule has 0 aromatic carbocycles. The maximum Gasteiger partial charge on any atom is 0.423 e. The Balaban J connectivity index is 4.02. The standard InChI is InChI=1S/C8H22N2O2Si/c1-5-8(10-6-2)7-13(9,11-3)12-4/h8,10H,5-7,9H2,1-4H3. The first-order valence-electron chi connectivity index (χ1n) is 4.74. The molecule has 3 N–H and O–H groups in total. The van der Waals surface area contributed by atoms with Crippen LogP contribution in [0.5, 0.6) is 0 Å². The summed E-state index contributed by atoms with van der Waals surface area (Å²) < 4.78 is 10.4. The molecule has 0 heterocycles. The minimum atomic E-state index is -2.38. The van der Waals surface area contributed by atoms with Crippen molar-refractivity contribution < 1.29 is 8.85 Å². The second-order valence-electron chi connectivity index (χ2n) is 3.09. The molecule has 0 fully saturated rings. The molecular weight excluding hydrogens is 184 g/mol. The lowest BCUT2D eigenvalue weighted by Crippen LogP contribution is -2.54. The van der Waals surface area contributed by atoms with Gasteiger partial charge in [-0.25, -0.2) is 0 Å². The second kappa shape index (κ2) is 6.50. The monoisotopic (exact) mass is 206 g/mol. The molecule has 0 aromatic heterocycles. The summed E-state index contributed by atoms with van der Waals surface area (Å²) >= 11 is 0. The van der Waals surface area contributed by atoms with Gasteiger partial charge in [-0.2, -0.15) is 0 Å². The van der Waals surface area contributed by atoms with Crippen molar-refractivity contribution in [3.05, 3.63) is 0 Å². The molecule has 1 unspecified atom stereocenters. The topological polar surface area (TPSA) is 56.5 Å². The van der Waals surface area contributed by atoms with E-state index in [0.717, 1.165) is 19.0 Å². The molecule has 0 amide bonds. The second-order valence-corrected chi connectivity index (χ2v) is 5.94. The molecule has 0 aliphatic rings. The predicted molar refractivity (Wildman–Crippen MR) is 56.5 cm³/mol. The van der Waals surface area contributed by atoms with Crippen molar-refractivity contribution in [3.63, 3.8) is 0 Å². The minimum absolute atomic E-state index is 0.404. The van der Waals surface area contributed by atoms with Crippen LogP contribution in [0.2, 0.25) is 6.04 Å². The van der Waals surface area contributed by atoms with E-state index in [-0.39, 0.29) is 0 Å². The Hall–Kier alpha value is 0.0569. The average molecular weight is 206 g/mol. The van der Waals surface area contributed by atoms with Crippen molar-refractivity contribution in [2.45, 2.75) is 32.4 Å². The summed E-state index contributed by atoms with van der Waals surface area (Å²) in [5, 5.41) is 9.31. The van der Waals surface area contributed by atoms with E-state index >= 15 is 0 Å². The van der Waals surface area contributed by atoms with Gasteiger partial charge >= 0.3 is 8.72 Å². The molecule has 5 heteroatoms. The number of hydrogen-bond acceptors (Lipinski definition) is 4. The summed E-state index contributed by atoms with van der Waals surface area (Å²) in [5.41, 5.74) is 0. The van der Waals surface area contributed by atoms with Gasteiger partial charge in [-0.15, -0.1) is 0 Å². The Bertz CT molecular complexity index is 131. The molecule has 0 radical (unpaired) electrons. The van der Waals surface area contributed by atoms with Crippen LogP contribution >= 0.6 is 0 Å². The molecule has 0 bridgehead atoms. The van der Waals surface area contributed by atoms with Crippen LogP contribution in [0.25, 0.3) is 0 Å². The lowest BCUT2D eigenvalue weighted by molar-refractivity contribution is 0.237. The third kappa shape index (κ3) is 4.73. The summed E-state index contributed by atoms with van der Waals surface area (Å²) in [7, 11) is 0.858. The summed E-state index contributed by atoms with van der Waals surface area (Å²) in [5.74, 6) is 0. The Morgan fingerprint density at radius 2 is 1.85 bits per heavy atom. The SMILES string of the molecule is CCNC(CC)C[Si](N)(OC)OC. The van der Waals surface area contributed by atoms with E-state index in [2.05, 4.69) is 19.2 Å². The highest BCUT2D eigenvalue weighted by Gasteiger charge is 2.33. The fourth-order valence-electron chi connectivity index (χ4n) is 1.24. The van der Waals surface area contributed by atoms with Gasteiger partial charge < -0.3 is 19.6 Å². The lowest BCUT2D eigenvalue weighted by atomic mass is 10.2. The van der Waals surface area contributed by atoms with Crippen LogP contribution in [0.15, 0.2) is 0 Å². The maximum absolute atomic E-state index is 5.96. The van der Waals surface area contributed by atoms with E-state index in [1.54, 1.807) is 14.2 Å². The van der Waals surface area contributed by atoms with Crippen LogP contribution in [-0.4, -0.2) is 35.5 Å². The normalized spacial score (nSPS) is 14.5. The lowest BCUT2D eigenvalue weighted by Gasteiger charge is -2.26. The van der Waals surface area contributed by atoms with E-state index in [9.17, 15) is 0 Å². The van der Waals surface area contributed by atoms with Crippen molar-refractivity contribution in [1.29, 1.82) is 0 Å². The van der Waals surface area contributed by atoms with E-state index in [4.69, 9.17) is 14.3 Å². The Morgan fingerprint density at radius 1 is 1.31 bits per heavy atom. The van der Waals surface area contributed by atoms with Gasteiger partial charge in [0.15, 0.2) is 0 Å². The largest absolute Gasteiger partial charge is 0.423 e. The van der Waals surface area contributed by atoms with Gasteiger partial charge in [0.05, 0.1) is 0 Å². The minimum Gasteiger partial charge on any atom is -0.386 e. The fourth-order valence-corrected chi connectivity index (χ4v) is 2.86. The smallest absolute Gasteiger partial charge is 0.386 e. The molecular formula is C8H22N2O2Si. The molecule has 0 saturated carbocycles. The Labute approximate surface area is 82.1 Å². The molecule has 0 aliphatic carbocycles. The molecule has 80 valence electrons. The van der Waals surface area contributed by atoms with Gasteiger partial charge in [-0.1, -0.05) is 13.8 Å². The first-order valence-corrected chi connectivity index (χ1v) is 6.84. The first-order chi connectivity index (χ1) is 6.11. The maximum atomic E-state index is 5.96. The quantitative estimate of drug-likeness (QED) is 0.598. The van der Waals surface area contributed by atoms with Crippen LogP contribution in [0.4, 0.5) is 0 Å². The predicted octanol–water partition coefficient (Wildman–Crippen LogP) is 0.565. The van der Waals surface area contributed by atoms with Crippen molar-refractivity contribution in [3.8, 4) is 0 Å². The molecule has 0 aliphatic heterocycles. The molecule has 0 aromatic rings. The van der Waals surface area contributed by atoms with E-state index < -0.39 is 8.72 Å². The zero-order valence-corrected chi connectivity index (χ0v) is 10.1. The van der Waals surface area contributed by atoms with Crippen LogP contribution in [0.1, 0.15) is 20.3 Å². The summed E-state index contributed by atoms with van der Waals surface area (Å²) in [6.07, 6.45) is 1.05. The third-order valence-electron chi connectivity index (χ3n) is 2.21. The van der Waals surface area contributed by atoms with E-state index in [1.807, 2.05) is 0 Å². The molecule has 13 heavy (non-hydrogen) atoms. The number of nitrogens with two attached hydrogens (primary N) is 1. The number of rotatable bonds is 7. The number of hydrogen-bond donors (Lipinski definition) is 2. The van der Waals surface area contributed by atoms with Crippen molar-refractivity contribution in [2.75, 3.05) is 20.8 Å². The summed E-state index contributed by atoms with van der Waals surface area (Å²) in [6, 6.07) is 1.20. The zero-order valence-electron chi connectivity index (χ0n) is 9.09. The van der Waals surface area contributed by atoms with Crippen LogP contribution in [0, 0.1) is 0 Å². The van der Waals surface area contributed by atoms with Gasteiger partial charge in [0.25, 0.3) is 0 Å². The molecule has 0 rings (SSSR count). The zero-order chi connectivity index (χ0) is 10.3.